The third-order valence-corrected chi connectivity index (χ3v) is 2.91. The number of aryl methyl sites for hydroxylation is 2. The first-order chi connectivity index (χ1) is 6.66. The average molecular weight is 226 g/mol. The number of hydrogen-bond acceptors (Lipinski definition) is 4. The molecule has 2 aromatic heterocycles. The topological polar surface area (TPSA) is 38.7 Å². The van der Waals surface area contributed by atoms with Crippen LogP contribution in [0.3, 0.4) is 0 Å². The quantitative estimate of drug-likeness (QED) is 0.749. The molecule has 2 heterocycles. The van der Waals surface area contributed by atoms with E-state index in [1.54, 1.807) is 0 Å². The number of halogens is 1. The first-order valence-corrected chi connectivity index (χ1v) is 5.30. The maximum Gasteiger partial charge on any atom is 0.207 e. The summed E-state index contributed by atoms with van der Waals surface area (Å²) in [6.45, 7) is 3.92. The average Bonchev–Trinajstić information content (AvgIpc) is 2.51. The summed E-state index contributed by atoms with van der Waals surface area (Å²) in [6.07, 6.45) is 0. The van der Waals surface area contributed by atoms with Crippen LogP contribution in [0, 0.1) is 13.8 Å². The fraction of sp³-hybridized carbons (Fsp3) is 0.222. The van der Waals surface area contributed by atoms with Gasteiger partial charge >= 0.3 is 0 Å². The van der Waals surface area contributed by atoms with Gasteiger partial charge in [-0.05, 0) is 37.6 Å². The van der Waals surface area contributed by atoms with Gasteiger partial charge in [-0.1, -0.05) is 11.3 Å². The molecule has 0 saturated carbocycles. The van der Waals surface area contributed by atoms with Gasteiger partial charge in [-0.3, -0.25) is 4.98 Å². The molecule has 0 spiro atoms. The van der Waals surface area contributed by atoms with Crippen LogP contribution < -0.4 is 0 Å². The Balaban J connectivity index is 2.52. The van der Waals surface area contributed by atoms with E-state index in [0.717, 1.165) is 22.0 Å². The van der Waals surface area contributed by atoms with Crippen molar-refractivity contribution in [3.8, 4) is 10.6 Å². The molecule has 0 N–H and O–H groups in total. The molecule has 72 valence electrons. The molecule has 2 rings (SSSR count). The molecule has 14 heavy (non-hydrogen) atoms. The maximum absolute atomic E-state index is 5.72. The molecule has 0 amide bonds. The standard InChI is InChI=1S/C9H8ClN3S/c1-5-3-4-7(6(2)11-5)8-12-13-9(10)14-8/h3-4H,1-2H3. The Bertz CT molecular complexity index is 467. The lowest BCUT2D eigenvalue weighted by Crippen LogP contribution is -1.89. The highest BCUT2D eigenvalue weighted by Gasteiger charge is 2.08. The Hall–Kier alpha value is -1.00. The van der Waals surface area contributed by atoms with Gasteiger partial charge in [0.1, 0.15) is 0 Å². The summed E-state index contributed by atoms with van der Waals surface area (Å²) < 4.78 is 0.458. The molecular formula is C9H8ClN3S. The SMILES string of the molecule is Cc1ccc(-c2nnc(Cl)s2)c(C)n1. The van der Waals surface area contributed by atoms with Gasteiger partial charge in [0.05, 0.1) is 0 Å². The van der Waals surface area contributed by atoms with E-state index >= 15 is 0 Å². The highest BCUT2D eigenvalue weighted by atomic mass is 35.5. The molecule has 0 aliphatic carbocycles. The predicted octanol–water partition coefficient (Wildman–Crippen LogP) is 2.87. The summed E-state index contributed by atoms with van der Waals surface area (Å²) >= 11 is 7.08. The van der Waals surface area contributed by atoms with Crippen molar-refractivity contribution in [2.75, 3.05) is 0 Å². The molecule has 3 nitrogen and oxygen atoms in total. The van der Waals surface area contributed by atoms with Crippen molar-refractivity contribution in [3.05, 3.63) is 28.0 Å². The van der Waals surface area contributed by atoms with Crippen molar-refractivity contribution >= 4 is 22.9 Å². The number of nitrogens with zero attached hydrogens (tertiary/aromatic N) is 3. The van der Waals surface area contributed by atoms with Crippen LogP contribution in [0.1, 0.15) is 11.4 Å². The zero-order valence-electron chi connectivity index (χ0n) is 7.78. The largest absolute Gasteiger partial charge is 0.258 e. The Kier molecular flexibility index (Phi) is 2.48. The van der Waals surface area contributed by atoms with E-state index in [1.807, 2.05) is 26.0 Å². The molecule has 0 aromatic carbocycles. The molecular weight excluding hydrogens is 218 g/mol. The number of aromatic nitrogens is 3. The maximum atomic E-state index is 5.72. The molecule has 0 bridgehead atoms. The molecule has 0 radical (unpaired) electrons. The molecule has 0 fully saturated rings. The molecule has 2 aromatic rings. The smallest absolute Gasteiger partial charge is 0.207 e. The van der Waals surface area contributed by atoms with Crippen LogP contribution in [-0.4, -0.2) is 15.2 Å². The zero-order chi connectivity index (χ0) is 10.1. The van der Waals surface area contributed by atoms with Crippen molar-refractivity contribution in [2.24, 2.45) is 0 Å². The lowest BCUT2D eigenvalue weighted by molar-refractivity contribution is 1.08. The van der Waals surface area contributed by atoms with E-state index in [-0.39, 0.29) is 0 Å². The van der Waals surface area contributed by atoms with Crippen LogP contribution in [0.5, 0.6) is 0 Å². The van der Waals surface area contributed by atoms with Crippen molar-refractivity contribution < 1.29 is 0 Å². The molecule has 5 heteroatoms. The van der Waals surface area contributed by atoms with Crippen molar-refractivity contribution in [2.45, 2.75) is 13.8 Å². The summed E-state index contributed by atoms with van der Waals surface area (Å²) in [5.74, 6) is 0. The third-order valence-electron chi connectivity index (χ3n) is 1.86. The van der Waals surface area contributed by atoms with Gasteiger partial charge in [-0.15, -0.1) is 10.2 Å². The van der Waals surface area contributed by atoms with Crippen molar-refractivity contribution in [1.82, 2.24) is 15.2 Å². The monoisotopic (exact) mass is 225 g/mol. The van der Waals surface area contributed by atoms with Crippen LogP contribution >= 0.6 is 22.9 Å². The Morgan fingerprint density at radius 1 is 1.21 bits per heavy atom. The Morgan fingerprint density at radius 3 is 2.57 bits per heavy atom. The van der Waals surface area contributed by atoms with E-state index < -0.39 is 0 Å². The highest BCUT2D eigenvalue weighted by molar-refractivity contribution is 7.18. The number of hydrogen-bond donors (Lipinski definition) is 0. The fourth-order valence-corrected chi connectivity index (χ4v) is 2.13. The number of pyridine rings is 1. The first kappa shape index (κ1) is 9.55. The Morgan fingerprint density at radius 2 is 2.00 bits per heavy atom. The van der Waals surface area contributed by atoms with Gasteiger partial charge in [-0.25, -0.2) is 0 Å². The normalized spacial score (nSPS) is 10.5. The zero-order valence-corrected chi connectivity index (χ0v) is 9.35. The number of rotatable bonds is 1. The molecule has 0 aliphatic rings. The minimum Gasteiger partial charge on any atom is -0.258 e. The van der Waals surface area contributed by atoms with Crippen LogP contribution in [-0.2, 0) is 0 Å². The summed E-state index contributed by atoms with van der Waals surface area (Å²) in [6, 6.07) is 3.95. The molecule has 0 saturated heterocycles. The summed E-state index contributed by atoms with van der Waals surface area (Å²) in [7, 11) is 0. The predicted molar refractivity (Wildman–Crippen MR) is 57.6 cm³/mol. The molecule has 0 unspecified atom stereocenters. The summed E-state index contributed by atoms with van der Waals surface area (Å²) in [5, 5.41) is 8.56. The summed E-state index contributed by atoms with van der Waals surface area (Å²) in [5.41, 5.74) is 2.96. The van der Waals surface area contributed by atoms with E-state index in [1.165, 1.54) is 11.3 Å². The second-order valence-corrected chi connectivity index (χ2v) is 4.51. The minimum absolute atomic E-state index is 0.458. The Labute approximate surface area is 90.8 Å². The van der Waals surface area contributed by atoms with Crippen molar-refractivity contribution in [1.29, 1.82) is 0 Å². The second kappa shape index (κ2) is 3.63. The van der Waals surface area contributed by atoms with E-state index in [2.05, 4.69) is 15.2 Å². The first-order valence-electron chi connectivity index (χ1n) is 4.10. The van der Waals surface area contributed by atoms with Crippen LogP contribution in [0.2, 0.25) is 4.47 Å². The third kappa shape index (κ3) is 1.76. The van der Waals surface area contributed by atoms with Gasteiger partial charge in [0.15, 0.2) is 5.01 Å². The van der Waals surface area contributed by atoms with Crippen LogP contribution in [0.4, 0.5) is 0 Å². The van der Waals surface area contributed by atoms with Gasteiger partial charge in [0.2, 0.25) is 4.47 Å². The second-order valence-electron chi connectivity index (χ2n) is 2.95. The van der Waals surface area contributed by atoms with Crippen LogP contribution in [0.15, 0.2) is 12.1 Å². The molecule has 0 atom stereocenters. The van der Waals surface area contributed by atoms with Gasteiger partial charge in [0.25, 0.3) is 0 Å². The lowest BCUT2D eigenvalue weighted by atomic mass is 10.2. The van der Waals surface area contributed by atoms with Gasteiger partial charge in [-0.2, -0.15) is 0 Å². The van der Waals surface area contributed by atoms with Gasteiger partial charge < -0.3 is 0 Å². The molecule has 0 aliphatic heterocycles. The van der Waals surface area contributed by atoms with E-state index in [0.29, 0.717) is 4.47 Å². The van der Waals surface area contributed by atoms with Crippen LogP contribution in [0.25, 0.3) is 10.6 Å². The minimum atomic E-state index is 0.458. The van der Waals surface area contributed by atoms with E-state index in [4.69, 9.17) is 11.6 Å². The highest BCUT2D eigenvalue weighted by Crippen LogP contribution is 2.27. The van der Waals surface area contributed by atoms with Gasteiger partial charge in [0, 0.05) is 17.0 Å². The fourth-order valence-electron chi connectivity index (χ4n) is 1.23. The van der Waals surface area contributed by atoms with E-state index in [9.17, 15) is 0 Å². The summed E-state index contributed by atoms with van der Waals surface area (Å²) in [4.78, 5) is 4.36. The van der Waals surface area contributed by atoms with Crippen molar-refractivity contribution in [3.63, 3.8) is 0 Å². The lowest BCUT2D eigenvalue weighted by Gasteiger charge is -2.00.